The molecule has 0 unspecified atom stereocenters. The van der Waals surface area contributed by atoms with Crippen molar-refractivity contribution in [3.8, 4) is 0 Å². The van der Waals surface area contributed by atoms with Gasteiger partial charge in [0.05, 0.1) is 6.61 Å². The maximum Gasteiger partial charge on any atom is 0.431 e. The molecule has 0 fully saturated rings. The zero-order chi connectivity index (χ0) is 15.6. The highest BCUT2D eigenvalue weighted by Crippen LogP contribution is 2.06. The minimum absolute atomic E-state index is 0.468. The molecule has 1 amide bonds. The summed E-state index contributed by atoms with van der Waals surface area (Å²) in [6, 6.07) is 3.97. The number of carbonyl (C=O) groups is 1. The molecule has 118 valence electrons. The molecule has 0 saturated heterocycles. The molecule has 6 nitrogen and oxygen atoms in total. The summed E-state index contributed by atoms with van der Waals surface area (Å²) in [6.07, 6.45) is 4.85. The summed E-state index contributed by atoms with van der Waals surface area (Å²) >= 11 is 0. The first-order chi connectivity index (χ1) is 9.97. The van der Waals surface area contributed by atoms with Crippen LogP contribution in [-0.2, 0) is 16.1 Å². The number of rotatable bonds is 8. The van der Waals surface area contributed by atoms with E-state index in [0.717, 1.165) is 25.9 Å². The van der Waals surface area contributed by atoms with E-state index >= 15 is 0 Å². The maximum absolute atomic E-state index is 11.3. The van der Waals surface area contributed by atoms with Gasteiger partial charge in [0.1, 0.15) is 5.60 Å². The Morgan fingerprint density at radius 1 is 1.24 bits per heavy atom. The van der Waals surface area contributed by atoms with E-state index in [-0.39, 0.29) is 0 Å². The standard InChI is InChI=1S/C15H25N3O3/c1-15(2,3)21-14(19)18-20-11-5-4-8-17-12-13-6-9-16-10-7-13/h6-7,9-10,17H,4-5,8,11-12H2,1-3H3,(H,18,19). The van der Waals surface area contributed by atoms with Gasteiger partial charge in [-0.25, -0.2) is 4.79 Å². The Morgan fingerprint density at radius 2 is 1.95 bits per heavy atom. The number of pyridine rings is 1. The van der Waals surface area contributed by atoms with Gasteiger partial charge in [-0.1, -0.05) is 0 Å². The highest BCUT2D eigenvalue weighted by molar-refractivity contribution is 5.66. The average molecular weight is 295 g/mol. The lowest BCUT2D eigenvalue weighted by Gasteiger charge is -2.19. The van der Waals surface area contributed by atoms with E-state index in [9.17, 15) is 4.79 Å². The van der Waals surface area contributed by atoms with Crippen LogP contribution in [0.4, 0.5) is 4.79 Å². The van der Waals surface area contributed by atoms with Gasteiger partial charge in [0.2, 0.25) is 0 Å². The van der Waals surface area contributed by atoms with Gasteiger partial charge in [0.25, 0.3) is 0 Å². The Kier molecular flexibility index (Phi) is 7.71. The number of aromatic nitrogens is 1. The molecule has 0 aliphatic rings. The van der Waals surface area contributed by atoms with Crippen molar-refractivity contribution in [3.63, 3.8) is 0 Å². The van der Waals surface area contributed by atoms with Crippen LogP contribution < -0.4 is 10.8 Å². The van der Waals surface area contributed by atoms with Gasteiger partial charge in [-0.15, -0.1) is 0 Å². The second-order valence-electron chi connectivity index (χ2n) is 5.69. The lowest BCUT2D eigenvalue weighted by Crippen LogP contribution is -2.32. The summed E-state index contributed by atoms with van der Waals surface area (Å²) in [5.74, 6) is 0. The third-order valence-corrected chi connectivity index (χ3v) is 2.48. The number of amides is 1. The molecule has 0 aliphatic carbocycles. The third-order valence-electron chi connectivity index (χ3n) is 2.48. The Labute approximate surface area is 126 Å². The van der Waals surface area contributed by atoms with Crippen LogP contribution >= 0.6 is 0 Å². The largest absolute Gasteiger partial charge is 0.442 e. The summed E-state index contributed by atoms with van der Waals surface area (Å²) in [6.45, 7) is 7.62. The Balaban J connectivity index is 1.92. The third kappa shape index (κ3) is 9.81. The summed E-state index contributed by atoms with van der Waals surface area (Å²) in [4.78, 5) is 20.3. The second-order valence-corrected chi connectivity index (χ2v) is 5.69. The molecule has 0 spiro atoms. The number of unbranched alkanes of at least 4 members (excludes halogenated alkanes) is 1. The zero-order valence-corrected chi connectivity index (χ0v) is 13.0. The van der Waals surface area contributed by atoms with Gasteiger partial charge in [0, 0.05) is 18.9 Å². The van der Waals surface area contributed by atoms with Crippen molar-refractivity contribution >= 4 is 6.09 Å². The Bertz CT molecular complexity index is 404. The molecule has 0 saturated carbocycles. The smallest absolute Gasteiger partial charge is 0.431 e. The molecule has 21 heavy (non-hydrogen) atoms. The van der Waals surface area contributed by atoms with Gasteiger partial charge < -0.3 is 10.1 Å². The van der Waals surface area contributed by atoms with Gasteiger partial charge in [-0.2, -0.15) is 5.48 Å². The highest BCUT2D eigenvalue weighted by atomic mass is 16.7. The molecule has 1 heterocycles. The fourth-order valence-electron chi connectivity index (χ4n) is 1.57. The van der Waals surface area contributed by atoms with E-state index in [1.165, 1.54) is 5.56 Å². The van der Waals surface area contributed by atoms with Gasteiger partial charge in [-0.05, 0) is 57.9 Å². The second kappa shape index (κ2) is 9.31. The number of hydroxylamine groups is 1. The van der Waals surface area contributed by atoms with Crippen LogP contribution in [0.2, 0.25) is 0 Å². The lowest BCUT2D eigenvalue weighted by molar-refractivity contribution is -0.00849. The maximum atomic E-state index is 11.3. The summed E-state index contributed by atoms with van der Waals surface area (Å²) in [5, 5.41) is 3.34. The number of carbonyl (C=O) groups excluding carboxylic acids is 1. The molecule has 0 radical (unpaired) electrons. The fourth-order valence-corrected chi connectivity index (χ4v) is 1.57. The van der Waals surface area contributed by atoms with Crippen molar-refractivity contribution < 1.29 is 14.4 Å². The molecule has 0 atom stereocenters. The predicted octanol–water partition coefficient (Wildman–Crippen LogP) is 2.41. The fraction of sp³-hybridized carbons (Fsp3) is 0.600. The van der Waals surface area contributed by atoms with Gasteiger partial charge in [0.15, 0.2) is 0 Å². The van der Waals surface area contributed by atoms with Crippen LogP contribution in [0, 0.1) is 0 Å². The van der Waals surface area contributed by atoms with Crippen molar-refractivity contribution in [1.82, 2.24) is 15.8 Å². The van der Waals surface area contributed by atoms with Crippen molar-refractivity contribution in [2.45, 2.75) is 45.8 Å². The highest BCUT2D eigenvalue weighted by Gasteiger charge is 2.15. The summed E-state index contributed by atoms with van der Waals surface area (Å²) in [7, 11) is 0. The topological polar surface area (TPSA) is 72.5 Å². The normalized spacial score (nSPS) is 11.2. The van der Waals surface area contributed by atoms with Gasteiger partial charge >= 0.3 is 6.09 Å². The van der Waals surface area contributed by atoms with E-state index in [4.69, 9.17) is 9.57 Å². The van der Waals surface area contributed by atoms with Crippen LogP contribution in [0.1, 0.15) is 39.2 Å². The Morgan fingerprint density at radius 3 is 2.62 bits per heavy atom. The summed E-state index contributed by atoms with van der Waals surface area (Å²) < 4.78 is 5.04. The molecule has 0 aliphatic heterocycles. The monoisotopic (exact) mass is 295 g/mol. The van der Waals surface area contributed by atoms with Gasteiger partial charge in [-0.3, -0.25) is 9.82 Å². The zero-order valence-electron chi connectivity index (χ0n) is 13.0. The number of hydrogen-bond acceptors (Lipinski definition) is 5. The van der Waals surface area contributed by atoms with Crippen LogP contribution in [-0.4, -0.2) is 29.8 Å². The molecule has 1 rings (SSSR count). The molecule has 1 aromatic heterocycles. The molecule has 6 heteroatoms. The van der Waals surface area contributed by atoms with Crippen molar-refractivity contribution in [2.75, 3.05) is 13.2 Å². The van der Waals surface area contributed by atoms with Crippen LogP contribution in [0.15, 0.2) is 24.5 Å². The first kappa shape index (κ1) is 17.4. The van der Waals surface area contributed by atoms with Crippen molar-refractivity contribution in [1.29, 1.82) is 0 Å². The predicted molar refractivity (Wildman–Crippen MR) is 80.5 cm³/mol. The lowest BCUT2D eigenvalue weighted by atomic mass is 10.2. The SMILES string of the molecule is CC(C)(C)OC(=O)NOCCCCNCc1ccncc1. The van der Waals surface area contributed by atoms with E-state index in [1.54, 1.807) is 33.2 Å². The minimum Gasteiger partial charge on any atom is -0.442 e. The molecule has 0 aromatic carbocycles. The average Bonchev–Trinajstić information content (AvgIpc) is 2.41. The van der Waals surface area contributed by atoms with Crippen molar-refractivity contribution in [2.24, 2.45) is 0 Å². The Hall–Kier alpha value is -1.66. The molecule has 0 bridgehead atoms. The van der Waals surface area contributed by atoms with E-state index < -0.39 is 11.7 Å². The number of nitrogens with zero attached hydrogens (tertiary/aromatic N) is 1. The van der Waals surface area contributed by atoms with Crippen LogP contribution in [0.25, 0.3) is 0 Å². The van der Waals surface area contributed by atoms with E-state index in [0.29, 0.717) is 6.61 Å². The first-order valence-electron chi connectivity index (χ1n) is 7.18. The van der Waals surface area contributed by atoms with Crippen LogP contribution in [0.5, 0.6) is 0 Å². The first-order valence-corrected chi connectivity index (χ1v) is 7.18. The molecular formula is C15H25N3O3. The minimum atomic E-state index is -0.557. The molecule has 1 aromatic rings. The quantitative estimate of drug-likeness (QED) is 0.569. The molecular weight excluding hydrogens is 270 g/mol. The number of hydrogen-bond donors (Lipinski definition) is 2. The number of ether oxygens (including phenoxy) is 1. The number of nitrogens with one attached hydrogen (secondary N) is 2. The van der Waals surface area contributed by atoms with E-state index in [1.807, 2.05) is 12.1 Å². The van der Waals surface area contributed by atoms with Crippen molar-refractivity contribution in [3.05, 3.63) is 30.1 Å². The van der Waals surface area contributed by atoms with E-state index in [2.05, 4.69) is 15.8 Å². The summed E-state index contributed by atoms with van der Waals surface area (Å²) in [5.41, 5.74) is 2.97. The molecule has 2 N–H and O–H groups in total. The van der Waals surface area contributed by atoms with Crippen LogP contribution in [0.3, 0.4) is 0 Å².